The molecule has 0 bridgehead atoms. The molecule has 0 aliphatic heterocycles. The highest BCUT2D eigenvalue weighted by Gasteiger charge is 2.03. The second kappa shape index (κ2) is 5.58. The molecule has 0 saturated heterocycles. The van der Waals surface area contributed by atoms with Crippen LogP contribution in [0.25, 0.3) is 26.2 Å². The molecule has 0 fully saturated rings. The van der Waals surface area contributed by atoms with Gasteiger partial charge in [0.25, 0.3) is 0 Å². The van der Waals surface area contributed by atoms with Crippen molar-refractivity contribution in [1.82, 2.24) is 0 Å². The van der Waals surface area contributed by atoms with Crippen LogP contribution in [0.3, 0.4) is 0 Å². The van der Waals surface area contributed by atoms with E-state index in [4.69, 9.17) is 0 Å². The van der Waals surface area contributed by atoms with E-state index >= 15 is 0 Å². The summed E-state index contributed by atoms with van der Waals surface area (Å²) in [5, 5.41) is 2.76. The largest absolute Gasteiger partial charge is 0.135 e. The van der Waals surface area contributed by atoms with Crippen LogP contribution in [0.1, 0.15) is 31.7 Å². The summed E-state index contributed by atoms with van der Waals surface area (Å²) in [6.45, 7) is 2.23. The first-order valence-electron chi connectivity index (χ1n) is 6.96. The minimum atomic E-state index is 1.18. The second-order valence-electron chi connectivity index (χ2n) is 4.90. The van der Waals surface area contributed by atoms with E-state index in [-0.39, 0.29) is 0 Å². The molecule has 0 atom stereocenters. The molecule has 0 aliphatic carbocycles. The van der Waals surface area contributed by atoms with Crippen molar-refractivity contribution in [2.75, 3.05) is 0 Å². The first-order chi connectivity index (χ1) is 9.38. The first-order valence-corrected chi connectivity index (χ1v) is 7.78. The fraction of sp³-hybridized carbons (Fsp3) is 0.222. The maximum atomic E-state index is 2.31. The van der Waals surface area contributed by atoms with Crippen molar-refractivity contribution in [3.63, 3.8) is 0 Å². The zero-order valence-corrected chi connectivity index (χ0v) is 12.0. The van der Waals surface area contributed by atoms with E-state index in [1.165, 1.54) is 45.0 Å². The van der Waals surface area contributed by atoms with Crippen LogP contribution < -0.4 is 0 Å². The summed E-state index contributed by atoms with van der Waals surface area (Å²) in [4.78, 5) is 0. The van der Waals surface area contributed by atoms with Crippen LogP contribution in [0.4, 0.5) is 0 Å². The molecule has 1 heteroatoms. The van der Waals surface area contributed by atoms with Gasteiger partial charge < -0.3 is 0 Å². The summed E-state index contributed by atoms with van der Waals surface area (Å²) < 4.78 is 2.77. The predicted molar refractivity (Wildman–Crippen MR) is 87.9 cm³/mol. The van der Waals surface area contributed by atoms with Crippen LogP contribution in [-0.2, 0) is 0 Å². The molecule has 3 rings (SSSR count). The van der Waals surface area contributed by atoms with Crippen molar-refractivity contribution in [3.05, 3.63) is 54.1 Å². The smallest absolute Gasteiger partial charge is 0.0361 e. The molecule has 0 saturated carbocycles. The van der Waals surface area contributed by atoms with Crippen LogP contribution >= 0.6 is 11.3 Å². The van der Waals surface area contributed by atoms with Crippen LogP contribution in [0, 0.1) is 0 Å². The minimum Gasteiger partial charge on any atom is -0.135 e. The zero-order chi connectivity index (χ0) is 13.1. The minimum absolute atomic E-state index is 1.18. The van der Waals surface area contributed by atoms with E-state index in [1.54, 1.807) is 0 Å². The van der Waals surface area contributed by atoms with Gasteiger partial charge in [-0.2, -0.15) is 0 Å². The molecule has 0 amide bonds. The highest BCUT2D eigenvalue weighted by atomic mass is 32.1. The summed E-state index contributed by atoms with van der Waals surface area (Å²) in [5.74, 6) is 0. The number of unbranched alkanes of at least 4 members (excludes halogenated alkanes) is 2. The quantitative estimate of drug-likeness (QED) is 0.489. The lowest BCUT2D eigenvalue weighted by Crippen LogP contribution is -1.72. The van der Waals surface area contributed by atoms with Gasteiger partial charge in [-0.15, -0.1) is 11.3 Å². The van der Waals surface area contributed by atoms with Gasteiger partial charge >= 0.3 is 0 Å². The number of thiophene rings is 1. The SMILES string of the molecule is CCCCC=Cc1ccc2c(c1)sc1ccccc12. The van der Waals surface area contributed by atoms with Crippen molar-refractivity contribution in [1.29, 1.82) is 0 Å². The van der Waals surface area contributed by atoms with E-state index in [1.807, 2.05) is 11.3 Å². The molecule has 1 heterocycles. The van der Waals surface area contributed by atoms with Gasteiger partial charge in [0.2, 0.25) is 0 Å². The molecule has 0 radical (unpaired) electrons. The average molecular weight is 266 g/mol. The number of hydrogen-bond donors (Lipinski definition) is 0. The molecular weight excluding hydrogens is 248 g/mol. The maximum Gasteiger partial charge on any atom is 0.0361 e. The maximum absolute atomic E-state index is 2.31. The van der Waals surface area contributed by atoms with Gasteiger partial charge in [0.05, 0.1) is 0 Å². The summed E-state index contributed by atoms with van der Waals surface area (Å²) in [6, 6.07) is 15.4. The number of benzene rings is 2. The Morgan fingerprint density at radius 1 is 1.00 bits per heavy atom. The highest BCUT2D eigenvalue weighted by molar-refractivity contribution is 7.25. The van der Waals surface area contributed by atoms with Crippen LogP contribution in [0.15, 0.2) is 48.5 Å². The van der Waals surface area contributed by atoms with E-state index < -0.39 is 0 Å². The molecule has 0 unspecified atom stereocenters. The number of rotatable bonds is 4. The molecule has 2 aromatic carbocycles. The summed E-state index contributed by atoms with van der Waals surface area (Å²) in [6.07, 6.45) is 8.26. The van der Waals surface area contributed by atoms with E-state index in [9.17, 15) is 0 Å². The van der Waals surface area contributed by atoms with Gasteiger partial charge in [0, 0.05) is 20.2 Å². The van der Waals surface area contributed by atoms with Crippen molar-refractivity contribution >= 4 is 37.6 Å². The van der Waals surface area contributed by atoms with E-state index in [0.717, 1.165) is 0 Å². The molecular formula is C18H18S. The van der Waals surface area contributed by atoms with Crippen molar-refractivity contribution < 1.29 is 0 Å². The Kier molecular flexibility index (Phi) is 3.65. The van der Waals surface area contributed by atoms with E-state index in [0.29, 0.717) is 0 Å². The molecule has 0 aliphatic rings. The topological polar surface area (TPSA) is 0 Å². The zero-order valence-electron chi connectivity index (χ0n) is 11.2. The first kappa shape index (κ1) is 12.4. The molecule has 1 aromatic heterocycles. The Balaban J connectivity index is 1.97. The van der Waals surface area contributed by atoms with Crippen LogP contribution in [-0.4, -0.2) is 0 Å². The van der Waals surface area contributed by atoms with Crippen molar-refractivity contribution in [2.24, 2.45) is 0 Å². The van der Waals surface area contributed by atoms with Crippen molar-refractivity contribution in [3.8, 4) is 0 Å². The standard InChI is InChI=1S/C18H18S/c1-2-3-4-5-8-14-11-12-16-15-9-6-7-10-17(15)19-18(16)13-14/h5-13H,2-4H2,1H3. The summed E-state index contributed by atoms with van der Waals surface area (Å²) >= 11 is 1.89. The van der Waals surface area contributed by atoms with Crippen LogP contribution in [0.5, 0.6) is 0 Å². The number of hydrogen-bond acceptors (Lipinski definition) is 1. The van der Waals surface area contributed by atoms with Crippen molar-refractivity contribution in [2.45, 2.75) is 26.2 Å². The monoisotopic (exact) mass is 266 g/mol. The predicted octanol–water partition coefficient (Wildman–Crippen LogP) is 6.26. The normalized spacial score (nSPS) is 11.8. The Morgan fingerprint density at radius 3 is 2.74 bits per heavy atom. The third kappa shape index (κ3) is 2.57. The molecule has 96 valence electrons. The van der Waals surface area contributed by atoms with Gasteiger partial charge in [-0.25, -0.2) is 0 Å². The molecule has 0 N–H and O–H groups in total. The second-order valence-corrected chi connectivity index (χ2v) is 5.98. The molecule has 0 nitrogen and oxygen atoms in total. The number of allylic oxidation sites excluding steroid dienone is 1. The Bertz CT molecular complexity index is 719. The fourth-order valence-electron chi connectivity index (χ4n) is 2.39. The highest BCUT2D eigenvalue weighted by Crippen LogP contribution is 2.34. The molecule has 3 aromatic rings. The summed E-state index contributed by atoms with van der Waals surface area (Å²) in [5.41, 5.74) is 1.31. The van der Waals surface area contributed by atoms with Gasteiger partial charge in [0.15, 0.2) is 0 Å². The lowest BCUT2D eigenvalue weighted by Gasteiger charge is -1.95. The summed E-state index contributed by atoms with van der Waals surface area (Å²) in [7, 11) is 0. The number of fused-ring (bicyclic) bond motifs is 3. The Labute approximate surface area is 118 Å². The van der Waals surface area contributed by atoms with Gasteiger partial charge in [-0.1, -0.05) is 62.2 Å². The molecule has 19 heavy (non-hydrogen) atoms. The van der Waals surface area contributed by atoms with Crippen LogP contribution in [0.2, 0.25) is 0 Å². The Morgan fingerprint density at radius 2 is 1.84 bits per heavy atom. The fourth-order valence-corrected chi connectivity index (χ4v) is 3.54. The van der Waals surface area contributed by atoms with E-state index in [2.05, 4.69) is 61.5 Å². The van der Waals surface area contributed by atoms with Gasteiger partial charge in [-0.05, 0) is 24.1 Å². The van der Waals surface area contributed by atoms with Gasteiger partial charge in [-0.3, -0.25) is 0 Å². The average Bonchev–Trinajstić information content (AvgIpc) is 2.81. The Hall–Kier alpha value is -1.60. The lowest BCUT2D eigenvalue weighted by molar-refractivity contribution is 0.816. The van der Waals surface area contributed by atoms with Gasteiger partial charge in [0.1, 0.15) is 0 Å². The lowest BCUT2D eigenvalue weighted by atomic mass is 10.1. The third-order valence-electron chi connectivity index (χ3n) is 3.44. The third-order valence-corrected chi connectivity index (χ3v) is 4.57. The molecule has 0 spiro atoms.